The first kappa shape index (κ1) is 15.4. The maximum atomic E-state index is 11.7. The summed E-state index contributed by atoms with van der Waals surface area (Å²) in [6.45, 7) is 2.33. The van der Waals surface area contributed by atoms with Gasteiger partial charge in [0.05, 0.1) is 11.3 Å². The van der Waals surface area contributed by atoms with Crippen LogP contribution in [0.2, 0.25) is 0 Å². The Morgan fingerprint density at radius 1 is 1.37 bits per heavy atom. The van der Waals surface area contributed by atoms with Gasteiger partial charge in [-0.1, -0.05) is 12.1 Å². The molecule has 0 unspecified atom stereocenters. The molecule has 3 N–H and O–H groups in total. The number of carboxylic acids is 1. The smallest absolute Gasteiger partial charge is 0.337 e. The molecule has 0 bridgehead atoms. The number of benzene rings is 1. The fourth-order valence-electron chi connectivity index (χ4n) is 1.59. The van der Waals surface area contributed by atoms with Gasteiger partial charge in [0.2, 0.25) is 0 Å². The highest BCUT2D eigenvalue weighted by molar-refractivity contribution is 7.98. The van der Waals surface area contributed by atoms with Crippen molar-refractivity contribution in [2.75, 3.05) is 23.9 Å². The summed E-state index contributed by atoms with van der Waals surface area (Å²) in [7, 11) is 0. The molecule has 0 aromatic heterocycles. The summed E-state index contributed by atoms with van der Waals surface area (Å²) in [6, 6.07) is 4.51. The first-order valence-electron chi connectivity index (χ1n) is 5.93. The van der Waals surface area contributed by atoms with Crippen molar-refractivity contribution in [2.45, 2.75) is 13.3 Å². The van der Waals surface area contributed by atoms with Gasteiger partial charge in [0, 0.05) is 6.54 Å². The van der Waals surface area contributed by atoms with E-state index in [0.29, 0.717) is 12.2 Å². The van der Waals surface area contributed by atoms with Crippen LogP contribution < -0.4 is 10.6 Å². The maximum Gasteiger partial charge on any atom is 0.337 e. The number of carbonyl (C=O) groups is 2. The lowest BCUT2D eigenvalue weighted by Crippen LogP contribution is -2.30. The zero-order chi connectivity index (χ0) is 14.3. The number of aryl methyl sites for hydroxylation is 1. The van der Waals surface area contributed by atoms with Gasteiger partial charge in [-0.3, -0.25) is 0 Å². The number of thioether (sulfide) groups is 1. The molecule has 0 radical (unpaired) electrons. The highest BCUT2D eigenvalue weighted by Crippen LogP contribution is 2.20. The second-order valence-corrected chi connectivity index (χ2v) is 5.02. The van der Waals surface area contributed by atoms with E-state index < -0.39 is 5.97 Å². The van der Waals surface area contributed by atoms with Crippen LogP contribution >= 0.6 is 11.8 Å². The van der Waals surface area contributed by atoms with Crippen molar-refractivity contribution in [3.05, 3.63) is 29.3 Å². The highest BCUT2D eigenvalue weighted by atomic mass is 32.2. The zero-order valence-electron chi connectivity index (χ0n) is 11.0. The molecule has 0 fully saturated rings. The number of nitrogens with one attached hydrogen (secondary N) is 2. The van der Waals surface area contributed by atoms with Crippen molar-refractivity contribution < 1.29 is 14.7 Å². The molecule has 104 valence electrons. The van der Waals surface area contributed by atoms with E-state index in [9.17, 15) is 9.59 Å². The number of carboxylic acid groups (broad SMARTS) is 1. The largest absolute Gasteiger partial charge is 0.478 e. The monoisotopic (exact) mass is 282 g/mol. The molecule has 6 heteroatoms. The van der Waals surface area contributed by atoms with E-state index in [1.54, 1.807) is 30.8 Å². The van der Waals surface area contributed by atoms with Gasteiger partial charge in [-0.15, -0.1) is 0 Å². The van der Waals surface area contributed by atoms with E-state index in [-0.39, 0.29) is 11.6 Å². The van der Waals surface area contributed by atoms with Crippen molar-refractivity contribution in [3.63, 3.8) is 0 Å². The SMILES string of the molecule is CSCCCNC(=O)Nc1c(C)cccc1C(=O)O. The van der Waals surface area contributed by atoms with Crippen LogP contribution in [0.15, 0.2) is 18.2 Å². The molecule has 0 aliphatic rings. The van der Waals surface area contributed by atoms with E-state index >= 15 is 0 Å². The van der Waals surface area contributed by atoms with Gasteiger partial charge in [-0.05, 0) is 37.0 Å². The summed E-state index contributed by atoms with van der Waals surface area (Å²) in [5.74, 6) is -0.0771. The third-order valence-electron chi connectivity index (χ3n) is 2.55. The molecule has 5 nitrogen and oxygen atoms in total. The number of amides is 2. The number of hydrogen-bond donors (Lipinski definition) is 3. The molecule has 0 spiro atoms. The number of carbonyl (C=O) groups excluding carboxylic acids is 1. The average Bonchev–Trinajstić information content (AvgIpc) is 2.37. The molecule has 0 aliphatic carbocycles. The lowest BCUT2D eigenvalue weighted by atomic mass is 10.1. The van der Waals surface area contributed by atoms with Gasteiger partial charge in [0.25, 0.3) is 0 Å². The van der Waals surface area contributed by atoms with Gasteiger partial charge < -0.3 is 15.7 Å². The molecular formula is C13H18N2O3S. The van der Waals surface area contributed by atoms with Crippen LogP contribution in [-0.2, 0) is 0 Å². The van der Waals surface area contributed by atoms with Gasteiger partial charge in [0.1, 0.15) is 0 Å². The number of urea groups is 1. The molecule has 0 saturated heterocycles. The topological polar surface area (TPSA) is 78.4 Å². The third-order valence-corrected chi connectivity index (χ3v) is 3.25. The summed E-state index contributed by atoms with van der Waals surface area (Å²) >= 11 is 1.72. The Morgan fingerprint density at radius 3 is 2.74 bits per heavy atom. The van der Waals surface area contributed by atoms with E-state index in [1.165, 1.54) is 6.07 Å². The molecule has 0 aliphatic heterocycles. The van der Waals surface area contributed by atoms with Crippen molar-refractivity contribution >= 4 is 29.4 Å². The van der Waals surface area contributed by atoms with Crippen LogP contribution in [0.25, 0.3) is 0 Å². The first-order valence-corrected chi connectivity index (χ1v) is 7.32. The Balaban J connectivity index is 2.66. The minimum atomic E-state index is -1.05. The Bertz CT molecular complexity index is 463. The highest BCUT2D eigenvalue weighted by Gasteiger charge is 2.13. The quantitative estimate of drug-likeness (QED) is 0.701. The summed E-state index contributed by atoms with van der Waals surface area (Å²) in [4.78, 5) is 22.8. The van der Waals surface area contributed by atoms with Gasteiger partial charge in [-0.25, -0.2) is 9.59 Å². The molecule has 19 heavy (non-hydrogen) atoms. The van der Waals surface area contributed by atoms with Crippen LogP contribution in [0.1, 0.15) is 22.3 Å². The van der Waals surface area contributed by atoms with Crippen LogP contribution in [0, 0.1) is 6.92 Å². The Kier molecular flexibility index (Phi) is 6.21. The Morgan fingerprint density at radius 2 is 2.11 bits per heavy atom. The molecule has 1 aromatic carbocycles. The van der Waals surface area contributed by atoms with E-state index in [4.69, 9.17) is 5.11 Å². The minimum Gasteiger partial charge on any atom is -0.478 e. The van der Waals surface area contributed by atoms with E-state index in [2.05, 4.69) is 10.6 Å². The summed E-state index contributed by atoms with van der Waals surface area (Å²) in [5.41, 5.74) is 1.16. The van der Waals surface area contributed by atoms with Gasteiger partial charge in [-0.2, -0.15) is 11.8 Å². The molecule has 2 amide bonds. The average molecular weight is 282 g/mol. The van der Waals surface area contributed by atoms with Crippen molar-refractivity contribution in [1.82, 2.24) is 5.32 Å². The van der Waals surface area contributed by atoms with Crippen LogP contribution in [-0.4, -0.2) is 35.7 Å². The van der Waals surface area contributed by atoms with Crippen LogP contribution in [0.3, 0.4) is 0 Å². The maximum absolute atomic E-state index is 11.7. The standard InChI is InChI=1S/C13H18N2O3S/c1-9-5-3-6-10(12(16)17)11(9)15-13(18)14-7-4-8-19-2/h3,5-6H,4,7-8H2,1-2H3,(H,16,17)(H2,14,15,18). The fraction of sp³-hybridized carbons (Fsp3) is 0.385. The number of hydrogen-bond acceptors (Lipinski definition) is 3. The van der Waals surface area contributed by atoms with E-state index in [1.807, 2.05) is 6.26 Å². The molecule has 1 rings (SSSR count). The lowest BCUT2D eigenvalue weighted by molar-refractivity contribution is 0.0698. The fourth-order valence-corrected chi connectivity index (χ4v) is 2.02. The minimum absolute atomic E-state index is 0.0965. The molecule has 0 atom stereocenters. The Hall–Kier alpha value is -1.69. The number of anilines is 1. The van der Waals surface area contributed by atoms with Gasteiger partial charge >= 0.3 is 12.0 Å². The summed E-state index contributed by atoms with van der Waals surface area (Å²) in [5, 5.41) is 14.4. The first-order chi connectivity index (χ1) is 9.06. The normalized spacial score (nSPS) is 10.0. The molecular weight excluding hydrogens is 264 g/mol. The lowest BCUT2D eigenvalue weighted by Gasteiger charge is -2.12. The zero-order valence-corrected chi connectivity index (χ0v) is 11.8. The van der Waals surface area contributed by atoms with Crippen LogP contribution in [0.4, 0.5) is 10.5 Å². The molecule has 1 aromatic rings. The summed E-state index contributed by atoms with van der Waals surface area (Å²) < 4.78 is 0. The van der Waals surface area contributed by atoms with Crippen molar-refractivity contribution in [1.29, 1.82) is 0 Å². The predicted octanol–water partition coefficient (Wildman–Crippen LogP) is 2.57. The number of para-hydroxylation sites is 1. The van der Waals surface area contributed by atoms with Crippen molar-refractivity contribution in [3.8, 4) is 0 Å². The third kappa shape index (κ3) is 4.82. The number of aromatic carboxylic acids is 1. The Labute approximate surface area is 116 Å². The van der Waals surface area contributed by atoms with Gasteiger partial charge in [0.15, 0.2) is 0 Å². The summed E-state index contributed by atoms with van der Waals surface area (Å²) in [6.07, 6.45) is 2.89. The molecule has 0 heterocycles. The second-order valence-electron chi connectivity index (χ2n) is 4.03. The number of rotatable bonds is 6. The predicted molar refractivity (Wildman–Crippen MR) is 78.2 cm³/mol. The van der Waals surface area contributed by atoms with E-state index in [0.717, 1.165) is 17.7 Å². The second kappa shape index (κ2) is 7.68. The molecule has 0 saturated carbocycles. The van der Waals surface area contributed by atoms with Crippen LogP contribution in [0.5, 0.6) is 0 Å². The van der Waals surface area contributed by atoms with Crippen molar-refractivity contribution in [2.24, 2.45) is 0 Å².